The molecule has 18 heavy (non-hydrogen) atoms. The van der Waals surface area contributed by atoms with Gasteiger partial charge in [-0.05, 0) is 36.8 Å². The van der Waals surface area contributed by atoms with Gasteiger partial charge in [-0.2, -0.15) is 4.39 Å². The topological polar surface area (TPSA) is 35.2 Å². The lowest BCUT2D eigenvalue weighted by Gasteiger charge is -2.07. The van der Waals surface area contributed by atoms with E-state index in [0.29, 0.717) is 17.0 Å². The number of benzene rings is 2. The smallest absolute Gasteiger partial charge is 0.281 e. The average Bonchev–Trinajstić information content (AvgIpc) is 2.41. The largest absolute Gasteiger partial charge is 0.431 e. The lowest BCUT2D eigenvalue weighted by molar-refractivity contribution is 0.305. The Morgan fingerprint density at radius 3 is 2.22 bits per heavy atom. The molecule has 0 fully saturated rings. The number of nitrogen functional groups attached to an aromatic ring is 1. The Labute approximate surface area is 106 Å². The predicted octanol–water partition coefficient (Wildman–Crippen LogP) is 4.01. The van der Waals surface area contributed by atoms with Crippen LogP contribution in [-0.2, 0) is 0 Å². The first-order valence-corrected chi connectivity index (χ1v) is 5.62. The molecule has 2 rings (SSSR count). The van der Waals surface area contributed by atoms with Gasteiger partial charge in [0.05, 0.1) is 0 Å². The minimum absolute atomic E-state index is 0.428. The molecule has 2 aromatic carbocycles. The van der Waals surface area contributed by atoms with Gasteiger partial charge in [0.25, 0.3) is 6.01 Å². The quantitative estimate of drug-likeness (QED) is 0.653. The van der Waals surface area contributed by atoms with Crippen molar-refractivity contribution in [3.63, 3.8) is 0 Å². The lowest BCUT2D eigenvalue weighted by atomic mass is 10.1. The van der Waals surface area contributed by atoms with Crippen LogP contribution in [0.1, 0.15) is 12.5 Å². The summed E-state index contributed by atoms with van der Waals surface area (Å²) in [6, 6.07) is 15.3. The Bertz CT molecular complexity index is 546. The molecule has 0 aliphatic heterocycles. The van der Waals surface area contributed by atoms with Crippen LogP contribution < -0.4 is 10.5 Å². The molecule has 0 atom stereocenters. The van der Waals surface area contributed by atoms with Gasteiger partial charge in [-0.25, -0.2) is 0 Å². The standard InChI is InChI=1S/C15H14FNO/c1-11(12-5-3-2-4-6-12)15(16)18-14-9-7-13(17)8-10-14/h2-10H,17H2,1H3. The number of allylic oxidation sites excluding steroid dienone is 1. The van der Waals surface area contributed by atoms with E-state index in [4.69, 9.17) is 10.5 Å². The second-order valence-corrected chi connectivity index (χ2v) is 3.94. The first-order chi connectivity index (χ1) is 8.66. The number of rotatable bonds is 3. The van der Waals surface area contributed by atoms with Crippen LogP contribution in [0.2, 0.25) is 0 Å². The molecule has 0 saturated heterocycles. The molecule has 0 radical (unpaired) electrons. The van der Waals surface area contributed by atoms with Gasteiger partial charge < -0.3 is 10.5 Å². The summed E-state index contributed by atoms with van der Waals surface area (Å²) in [7, 11) is 0. The van der Waals surface area contributed by atoms with Gasteiger partial charge in [0.15, 0.2) is 0 Å². The number of hydrogen-bond acceptors (Lipinski definition) is 2. The molecule has 0 amide bonds. The third-order valence-corrected chi connectivity index (χ3v) is 2.59. The first kappa shape index (κ1) is 12.2. The minimum atomic E-state index is -0.606. The molecule has 0 spiro atoms. The van der Waals surface area contributed by atoms with Crippen LogP contribution in [0.4, 0.5) is 10.1 Å². The Kier molecular flexibility index (Phi) is 3.63. The summed E-state index contributed by atoms with van der Waals surface area (Å²) in [5.74, 6) is 0.428. The molecule has 3 heteroatoms. The van der Waals surface area contributed by atoms with Crippen LogP contribution in [0.15, 0.2) is 60.6 Å². The van der Waals surface area contributed by atoms with Gasteiger partial charge in [-0.15, -0.1) is 0 Å². The highest BCUT2D eigenvalue weighted by Crippen LogP contribution is 2.23. The third kappa shape index (κ3) is 2.88. The van der Waals surface area contributed by atoms with Crippen molar-refractivity contribution >= 4 is 11.3 Å². The van der Waals surface area contributed by atoms with E-state index in [0.717, 1.165) is 5.56 Å². The molecule has 2 N–H and O–H groups in total. The second kappa shape index (κ2) is 5.36. The fourth-order valence-electron chi connectivity index (χ4n) is 1.52. The maximum absolute atomic E-state index is 13.9. The van der Waals surface area contributed by atoms with Crippen LogP contribution in [0.25, 0.3) is 5.57 Å². The van der Waals surface area contributed by atoms with E-state index in [2.05, 4.69) is 0 Å². The number of halogens is 1. The molecule has 0 aromatic heterocycles. The van der Waals surface area contributed by atoms with Gasteiger partial charge in [0.1, 0.15) is 5.75 Å². The molecule has 0 saturated carbocycles. The fraction of sp³-hybridized carbons (Fsp3) is 0.0667. The second-order valence-electron chi connectivity index (χ2n) is 3.94. The van der Waals surface area contributed by atoms with Crippen LogP contribution in [0, 0.1) is 0 Å². The third-order valence-electron chi connectivity index (χ3n) is 2.59. The zero-order valence-electron chi connectivity index (χ0n) is 10.1. The number of anilines is 1. The molecular weight excluding hydrogens is 229 g/mol. The van der Waals surface area contributed by atoms with E-state index >= 15 is 0 Å². The lowest BCUT2D eigenvalue weighted by Crippen LogP contribution is -1.94. The average molecular weight is 243 g/mol. The van der Waals surface area contributed by atoms with E-state index in [9.17, 15) is 4.39 Å². The van der Waals surface area contributed by atoms with Gasteiger partial charge >= 0.3 is 0 Å². The van der Waals surface area contributed by atoms with Crippen molar-refractivity contribution in [2.24, 2.45) is 0 Å². The van der Waals surface area contributed by atoms with Crippen LogP contribution >= 0.6 is 0 Å². The van der Waals surface area contributed by atoms with Gasteiger partial charge in [0.2, 0.25) is 0 Å². The van der Waals surface area contributed by atoms with E-state index < -0.39 is 6.01 Å². The molecule has 0 aliphatic rings. The summed E-state index contributed by atoms with van der Waals surface area (Å²) in [5, 5.41) is 0. The summed E-state index contributed by atoms with van der Waals surface area (Å²) >= 11 is 0. The zero-order valence-corrected chi connectivity index (χ0v) is 10.1. The highest BCUT2D eigenvalue weighted by Gasteiger charge is 2.06. The Hall–Kier alpha value is -2.29. The summed E-state index contributed by atoms with van der Waals surface area (Å²) in [5.41, 5.74) is 7.43. The van der Waals surface area contributed by atoms with Crippen LogP contribution in [-0.4, -0.2) is 0 Å². The first-order valence-electron chi connectivity index (χ1n) is 5.62. The van der Waals surface area contributed by atoms with Crippen molar-refractivity contribution in [3.8, 4) is 5.75 Å². The Morgan fingerprint density at radius 1 is 1.00 bits per heavy atom. The van der Waals surface area contributed by atoms with E-state index in [-0.39, 0.29) is 0 Å². The monoisotopic (exact) mass is 243 g/mol. The summed E-state index contributed by atoms with van der Waals surface area (Å²) in [4.78, 5) is 0. The SMILES string of the molecule is CC(=C(F)Oc1ccc(N)cc1)c1ccccc1. The van der Waals surface area contributed by atoms with E-state index in [1.165, 1.54) is 0 Å². The highest BCUT2D eigenvalue weighted by molar-refractivity contribution is 5.64. The molecule has 0 bridgehead atoms. The molecule has 0 aliphatic carbocycles. The maximum Gasteiger partial charge on any atom is 0.281 e. The van der Waals surface area contributed by atoms with Crippen LogP contribution in [0.3, 0.4) is 0 Å². The zero-order chi connectivity index (χ0) is 13.0. The number of ether oxygens (including phenoxy) is 1. The van der Waals surface area contributed by atoms with Crippen molar-refractivity contribution in [3.05, 3.63) is 66.2 Å². The molecular formula is C15H14FNO. The normalized spacial score (nSPS) is 11.9. The van der Waals surface area contributed by atoms with Crippen LogP contribution in [0.5, 0.6) is 5.75 Å². The van der Waals surface area contributed by atoms with Gasteiger partial charge in [-0.1, -0.05) is 30.3 Å². The van der Waals surface area contributed by atoms with Gasteiger partial charge in [0, 0.05) is 11.3 Å². The predicted molar refractivity (Wildman–Crippen MR) is 71.6 cm³/mol. The Morgan fingerprint density at radius 2 is 1.61 bits per heavy atom. The van der Waals surface area contributed by atoms with E-state index in [1.807, 2.05) is 30.3 Å². The summed E-state index contributed by atoms with van der Waals surface area (Å²) < 4.78 is 19.0. The molecule has 92 valence electrons. The molecule has 0 heterocycles. The maximum atomic E-state index is 13.9. The molecule has 0 unspecified atom stereocenters. The van der Waals surface area contributed by atoms with Crippen molar-refractivity contribution in [1.29, 1.82) is 0 Å². The highest BCUT2D eigenvalue weighted by atomic mass is 19.1. The van der Waals surface area contributed by atoms with Crippen molar-refractivity contribution in [2.45, 2.75) is 6.92 Å². The molecule has 2 nitrogen and oxygen atoms in total. The van der Waals surface area contributed by atoms with Crippen molar-refractivity contribution < 1.29 is 9.13 Å². The number of nitrogens with two attached hydrogens (primary N) is 1. The van der Waals surface area contributed by atoms with E-state index in [1.54, 1.807) is 31.2 Å². The summed E-state index contributed by atoms with van der Waals surface area (Å²) in [6.45, 7) is 1.68. The van der Waals surface area contributed by atoms with Crippen molar-refractivity contribution in [1.82, 2.24) is 0 Å². The van der Waals surface area contributed by atoms with Gasteiger partial charge in [-0.3, -0.25) is 0 Å². The Balaban J connectivity index is 2.20. The number of hydrogen-bond donors (Lipinski definition) is 1. The minimum Gasteiger partial charge on any atom is -0.431 e. The van der Waals surface area contributed by atoms with Crippen molar-refractivity contribution in [2.75, 3.05) is 5.73 Å². The summed E-state index contributed by atoms with van der Waals surface area (Å²) in [6.07, 6.45) is 0. The molecule has 2 aromatic rings. The fourth-order valence-corrected chi connectivity index (χ4v) is 1.52.